The summed E-state index contributed by atoms with van der Waals surface area (Å²) in [6, 6.07) is 0.858. The molecule has 178 valence electrons. The number of fused-ring (bicyclic) bond motifs is 1. The predicted molar refractivity (Wildman–Crippen MR) is 126 cm³/mol. The Bertz CT molecular complexity index is 996. The van der Waals surface area contributed by atoms with Crippen LogP contribution in [0.5, 0.6) is 0 Å². The van der Waals surface area contributed by atoms with E-state index >= 15 is 0 Å². The quantitative estimate of drug-likeness (QED) is 0.662. The van der Waals surface area contributed by atoms with E-state index in [1.54, 1.807) is 19.3 Å². The SMILES string of the molecule is CCOC(=O)c1cn(C2CCCCC2)nc1N.O=C1CC=Nc2nn(C3CCCCC3)cc21. The van der Waals surface area contributed by atoms with Crippen LogP contribution >= 0.6 is 0 Å². The first-order valence-corrected chi connectivity index (χ1v) is 12.2. The zero-order valence-electron chi connectivity index (χ0n) is 19.4. The number of hydrogen-bond donors (Lipinski definition) is 1. The Morgan fingerprint density at radius 1 is 1.00 bits per heavy atom. The van der Waals surface area contributed by atoms with Gasteiger partial charge in [-0.25, -0.2) is 9.79 Å². The van der Waals surface area contributed by atoms with E-state index in [9.17, 15) is 9.59 Å². The monoisotopic (exact) mass is 454 g/mol. The maximum atomic E-state index is 11.6. The van der Waals surface area contributed by atoms with Crippen LogP contribution in [0.2, 0.25) is 0 Å². The van der Waals surface area contributed by atoms with Crippen LogP contribution in [0.3, 0.4) is 0 Å². The average molecular weight is 455 g/mol. The van der Waals surface area contributed by atoms with Crippen LogP contribution in [-0.2, 0) is 4.74 Å². The number of aliphatic imine (C=N–C) groups is 1. The second-order valence-electron chi connectivity index (χ2n) is 9.00. The summed E-state index contributed by atoms with van der Waals surface area (Å²) in [7, 11) is 0. The molecule has 9 heteroatoms. The van der Waals surface area contributed by atoms with Gasteiger partial charge >= 0.3 is 5.97 Å². The predicted octanol–water partition coefficient (Wildman–Crippen LogP) is 4.82. The molecule has 2 aromatic heterocycles. The van der Waals surface area contributed by atoms with Crippen molar-refractivity contribution in [3.05, 3.63) is 23.5 Å². The van der Waals surface area contributed by atoms with Crippen molar-refractivity contribution in [2.24, 2.45) is 4.99 Å². The molecule has 0 spiro atoms. The van der Waals surface area contributed by atoms with Gasteiger partial charge in [-0.2, -0.15) is 10.2 Å². The minimum atomic E-state index is -0.382. The number of ether oxygens (including phenoxy) is 1. The zero-order chi connectivity index (χ0) is 23.2. The number of carbonyl (C=O) groups is 2. The van der Waals surface area contributed by atoms with E-state index in [1.165, 1.54) is 51.4 Å². The fraction of sp³-hybridized carbons (Fsp3) is 0.625. The molecule has 0 saturated heterocycles. The van der Waals surface area contributed by atoms with Crippen molar-refractivity contribution in [3.8, 4) is 0 Å². The molecular formula is C24H34N6O3. The van der Waals surface area contributed by atoms with E-state index in [0.29, 0.717) is 42.1 Å². The van der Waals surface area contributed by atoms with Crippen LogP contribution in [0.4, 0.5) is 11.6 Å². The molecule has 0 unspecified atom stereocenters. The highest BCUT2D eigenvalue weighted by atomic mass is 16.5. The highest BCUT2D eigenvalue weighted by molar-refractivity contribution is 6.09. The fourth-order valence-corrected chi connectivity index (χ4v) is 4.84. The Hall–Kier alpha value is -2.97. The van der Waals surface area contributed by atoms with Gasteiger partial charge in [0, 0.05) is 25.0 Å². The molecular weight excluding hydrogens is 420 g/mol. The van der Waals surface area contributed by atoms with Crippen LogP contribution < -0.4 is 5.73 Å². The number of hydrogen-bond acceptors (Lipinski definition) is 7. The Morgan fingerprint density at radius 3 is 2.18 bits per heavy atom. The van der Waals surface area contributed by atoms with Gasteiger partial charge in [0.1, 0.15) is 5.56 Å². The van der Waals surface area contributed by atoms with Crippen LogP contribution in [0.25, 0.3) is 0 Å². The number of nitrogens with zero attached hydrogens (tertiary/aromatic N) is 5. The van der Waals surface area contributed by atoms with Crippen molar-refractivity contribution < 1.29 is 14.3 Å². The number of carbonyl (C=O) groups excluding carboxylic acids is 2. The third-order valence-electron chi connectivity index (χ3n) is 6.66. The molecule has 2 saturated carbocycles. The smallest absolute Gasteiger partial charge is 0.343 e. The van der Waals surface area contributed by atoms with Crippen LogP contribution in [0.15, 0.2) is 17.4 Å². The number of rotatable bonds is 4. The van der Waals surface area contributed by atoms with Crippen LogP contribution in [-0.4, -0.2) is 44.1 Å². The lowest BCUT2D eigenvalue weighted by atomic mass is 9.96. The van der Waals surface area contributed by atoms with Crippen molar-refractivity contribution in [2.75, 3.05) is 12.3 Å². The topological polar surface area (TPSA) is 117 Å². The normalized spacial score (nSPS) is 19.0. The standard InChI is InChI=1S/C12H19N3O2.C12H15N3O/c1-2-17-12(16)10-8-15(14-11(10)13)9-6-4-3-5-7-9;16-11-6-7-13-12-10(11)8-15(14-12)9-4-2-1-3-5-9/h8-9H,2-7H2,1H3,(H2,13,14);7-9H,1-6H2. The van der Waals surface area contributed by atoms with E-state index in [-0.39, 0.29) is 17.6 Å². The van der Waals surface area contributed by atoms with Gasteiger partial charge in [-0.05, 0) is 32.6 Å². The van der Waals surface area contributed by atoms with E-state index in [0.717, 1.165) is 12.8 Å². The van der Waals surface area contributed by atoms with E-state index in [4.69, 9.17) is 10.5 Å². The summed E-state index contributed by atoms with van der Waals surface area (Å²) < 4.78 is 8.73. The third-order valence-corrected chi connectivity index (χ3v) is 6.66. The molecule has 2 aliphatic carbocycles. The first kappa shape index (κ1) is 23.2. The van der Waals surface area contributed by atoms with Gasteiger partial charge < -0.3 is 10.5 Å². The molecule has 3 heterocycles. The molecule has 0 bridgehead atoms. The Balaban J connectivity index is 0.000000157. The summed E-state index contributed by atoms with van der Waals surface area (Å²) in [5.41, 5.74) is 6.83. The number of nitrogen functional groups attached to an aromatic ring is 1. The zero-order valence-corrected chi connectivity index (χ0v) is 19.4. The first-order valence-electron chi connectivity index (χ1n) is 12.2. The van der Waals surface area contributed by atoms with Crippen LogP contribution in [0.1, 0.15) is 110 Å². The lowest BCUT2D eigenvalue weighted by Gasteiger charge is -2.21. The number of nitrogens with two attached hydrogens (primary N) is 1. The summed E-state index contributed by atoms with van der Waals surface area (Å²) in [6.07, 6.45) is 17.9. The molecule has 0 amide bonds. The summed E-state index contributed by atoms with van der Waals surface area (Å²) in [5.74, 6) is 0.648. The highest BCUT2D eigenvalue weighted by Gasteiger charge is 2.23. The molecule has 9 nitrogen and oxygen atoms in total. The van der Waals surface area contributed by atoms with E-state index in [1.807, 2.05) is 15.6 Å². The minimum absolute atomic E-state index is 0.145. The Kier molecular flexibility index (Phi) is 7.57. The number of ketones is 1. The second-order valence-corrected chi connectivity index (χ2v) is 9.00. The van der Waals surface area contributed by atoms with Gasteiger partial charge in [-0.1, -0.05) is 38.5 Å². The summed E-state index contributed by atoms with van der Waals surface area (Å²) in [6.45, 7) is 2.13. The summed E-state index contributed by atoms with van der Waals surface area (Å²) in [4.78, 5) is 27.4. The van der Waals surface area contributed by atoms with Gasteiger partial charge in [0.05, 0.1) is 24.3 Å². The van der Waals surface area contributed by atoms with Crippen LogP contribution in [0, 0.1) is 0 Å². The third kappa shape index (κ3) is 5.51. The van der Waals surface area contributed by atoms with Gasteiger partial charge in [0.25, 0.3) is 0 Å². The lowest BCUT2D eigenvalue weighted by Crippen LogP contribution is -2.13. The number of anilines is 1. The maximum absolute atomic E-state index is 11.6. The first-order chi connectivity index (χ1) is 16.1. The minimum Gasteiger partial charge on any atom is -0.462 e. The molecule has 2 aromatic rings. The molecule has 0 aromatic carbocycles. The van der Waals surface area contributed by atoms with Crippen molar-refractivity contribution in [3.63, 3.8) is 0 Å². The maximum Gasteiger partial charge on any atom is 0.343 e. The van der Waals surface area contributed by atoms with E-state index < -0.39 is 0 Å². The summed E-state index contributed by atoms with van der Waals surface area (Å²) in [5, 5.41) is 8.65. The molecule has 5 rings (SSSR count). The largest absolute Gasteiger partial charge is 0.462 e. The van der Waals surface area contributed by atoms with Crippen molar-refractivity contribution in [1.29, 1.82) is 0 Å². The number of aromatic nitrogens is 4. The van der Waals surface area contributed by atoms with E-state index in [2.05, 4.69) is 15.2 Å². The molecule has 33 heavy (non-hydrogen) atoms. The van der Waals surface area contributed by atoms with Crippen molar-refractivity contribution >= 4 is 29.6 Å². The number of Topliss-reactive ketones (excluding diaryl/α,β-unsaturated/α-hetero) is 1. The second kappa shape index (κ2) is 10.8. The van der Waals surface area contributed by atoms with Gasteiger partial charge in [0.15, 0.2) is 17.4 Å². The number of esters is 1. The van der Waals surface area contributed by atoms with Crippen molar-refractivity contribution in [2.45, 2.75) is 89.6 Å². The Labute approximate surface area is 194 Å². The summed E-state index contributed by atoms with van der Waals surface area (Å²) >= 11 is 0. The highest BCUT2D eigenvalue weighted by Crippen LogP contribution is 2.31. The van der Waals surface area contributed by atoms with Gasteiger partial charge in [0.2, 0.25) is 0 Å². The molecule has 0 radical (unpaired) electrons. The average Bonchev–Trinajstić information content (AvgIpc) is 3.46. The molecule has 0 atom stereocenters. The molecule has 1 aliphatic heterocycles. The van der Waals surface area contributed by atoms with Gasteiger partial charge in [-0.3, -0.25) is 14.2 Å². The Morgan fingerprint density at radius 2 is 1.61 bits per heavy atom. The lowest BCUT2D eigenvalue weighted by molar-refractivity contribution is 0.0527. The molecule has 2 N–H and O–H groups in total. The molecule has 3 aliphatic rings. The van der Waals surface area contributed by atoms with Gasteiger partial charge in [-0.15, -0.1) is 0 Å². The van der Waals surface area contributed by atoms with Crippen molar-refractivity contribution in [1.82, 2.24) is 19.6 Å². The molecule has 2 fully saturated rings. The fourth-order valence-electron chi connectivity index (χ4n) is 4.84.